The minimum atomic E-state index is 0.229. The number of hydrogen-bond donors (Lipinski definition) is 1. The van der Waals surface area contributed by atoms with E-state index >= 15 is 0 Å². The van der Waals surface area contributed by atoms with E-state index in [2.05, 4.69) is 46.7 Å². The summed E-state index contributed by atoms with van der Waals surface area (Å²) in [5.41, 5.74) is 3.07. The number of ether oxygens (including phenoxy) is 1. The largest absolute Gasteiger partial charge is 0.491 e. The number of benzene rings is 1. The predicted molar refractivity (Wildman–Crippen MR) is 103 cm³/mol. The van der Waals surface area contributed by atoms with Crippen molar-refractivity contribution in [2.24, 2.45) is 5.14 Å². The number of nitrogens with zero attached hydrogens (tertiary/aromatic N) is 5. The minimum absolute atomic E-state index is 0.229. The second kappa shape index (κ2) is 7.13. The average molecular weight is 370 g/mol. The number of aromatic nitrogens is 5. The van der Waals surface area contributed by atoms with Crippen molar-refractivity contribution in [2.75, 3.05) is 12.4 Å². The van der Waals surface area contributed by atoms with Gasteiger partial charge in [-0.15, -0.1) is 0 Å². The van der Waals surface area contributed by atoms with Crippen molar-refractivity contribution >= 4 is 11.9 Å². The maximum atomic E-state index is 5.97. The molecule has 0 fully saturated rings. The summed E-state index contributed by atoms with van der Waals surface area (Å²) in [4.78, 5) is 9.27. The number of hydrogen-bond acceptors (Lipinski definition) is 6. The maximum Gasteiger partial charge on any atom is 0.178 e. The van der Waals surface area contributed by atoms with Crippen molar-refractivity contribution in [3.05, 3.63) is 36.3 Å². The highest BCUT2D eigenvalue weighted by molar-refractivity contribution is 7.97. The van der Waals surface area contributed by atoms with Crippen LogP contribution in [0.25, 0.3) is 22.9 Å². The first-order chi connectivity index (χ1) is 12.7. The summed E-state index contributed by atoms with van der Waals surface area (Å²) >= 11 is 1.36. The molecule has 3 aromatic rings. The van der Waals surface area contributed by atoms with E-state index in [9.17, 15) is 0 Å². The molecule has 3 heterocycles. The number of rotatable bonds is 5. The summed E-state index contributed by atoms with van der Waals surface area (Å²) in [5, 5.41) is 9.86. The first-order valence-electron chi connectivity index (χ1n) is 8.72. The Kier molecular flexibility index (Phi) is 4.69. The third-order valence-electron chi connectivity index (χ3n) is 4.45. The molecule has 4 rings (SSSR count). The van der Waals surface area contributed by atoms with Gasteiger partial charge < -0.3 is 9.30 Å². The zero-order valence-electron chi connectivity index (χ0n) is 14.9. The van der Waals surface area contributed by atoms with E-state index in [1.165, 1.54) is 17.5 Å². The molecule has 0 radical (unpaired) electrons. The van der Waals surface area contributed by atoms with Gasteiger partial charge in [0.1, 0.15) is 30.2 Å². The van der Waals surface area contributed by atoms with Crippen molar-refractivity contribution < 1.29 is 4.74 Å². The Morgan fingerprint density at radius 3 is 3.00 bits per heavy atom. The van der Waals surface area contributed by atoms with Crippen molar-refractivity contribution in [3.8, 4) is 28.7 Å². The third-order valence-corrected chi connectivity index (χ3v) is 4.89. The fourth-order valence-corrected chi connectivity index (χ4v) is 3.53. The van der Waals surface area contributed by atoms with Crippen molar-refractivity contribution in [3.63, 3.8) is 0 Å². The molecule has 0 saturated carbocycles. The molecule has 1 aliphatic heterocycles. The molecule has 0 atom stereocenters. The molecule has 136 valence electrons. The Balaban J connectivity index is 1.74. The van der Waals surface area contributed by atoms with E-state index in [1.54, 1.807) is 6.33 Å². The van der Waals surface area contributed by atoms with Crippen LogP contribution in [0, 0.1) is 0 Å². The summed E-state index contributed by atoms with van der Waals surface area (Å²) in [5.74, 6) is 3.47. The quantitative estimate of drug-likeness (QED) is 0.695. The van der Waals surface area contributed by atoms with Crippen molar-refractivity contribution in [2.45, 2.75) is 32.9 Å². The van der Waals surface area contributed by atoms with Crippen molar-refractivity contribution in [1.82, 2.24) is 24.3 Å². The molecule has 8 heteroatoms. The van der Waals surface area contributed by atoms with Crippen LogP contribution in [-0.4, -0.2) is 36.7 Å². The van der Waals surface area contributed by atoms with E-state index in [4.69, 9.17) is 14.9 Å². The molecule has 0 aliphatic carbocycles. The Morgan fingerprint density at radius 1 is 1.31 bits per heavy atom. The third kappa shape index (κ3) is 3.10. The van der Waals surface area contributed by atoms with Gasteiger partial charge in [-0.3, -0.25) is 5.14 Å². The number of imidazole rings is 1. The second-order valence-electron chi connectivity index (χ2n) is 6.56. The predicted octanol–water partition coefficient (Wildman–Crippen LogP) is 2.93. The highest BCUT2D eigenvalue weighted by Gasteiger charge is 2.21. The topological polar surface area (TPSA) is 83.8 Å². The van der Waals surface area contributed by atoms with E-state index in [0.29, 0.717) is 6.61 Å². The standard InChI is InChI=1S/C18H22N6OS/c1-12(2)24-18(20-11-21-24)15-10-23-6-7-25-16-9-13(5-8-26-19)3-4-14(16)17(23)22-15/h3-4,9-12H,5-8,19H2,1-2H3. The molecule has 0 saturated heterocycles. The van der Waals surface area contributed by atoms with Gasteiger partial charge in [0.15, 0.2) is 5.82 Å². The molecule has 2 N–H and O–H groups in total. The van der Waals surface area contributed by atoms with Crippen LogP contribution in [0.5, 0.6) is 5.75 Å². The molecular formula is C18H22N6OS. The first kappa shape index (κ1) is 17.1. The highest BCUT2D eigenvalue weighted by Crippen LogP contribution is 2.34. The normalized spacial score (nSPS) is 13.2. The maximum absolute atomic E-state index is 5.97. The molecule has 2 aromatic heterocycles. The van der Waals surface area contributed by atoms with Crippen LogP contribution in [0.3, 0.4) is 0 Å². The fourth-order valence-electron chi connectivity index (χ4n) is 3.18. The van der Waals surface area contributed by atoms with Gasteiger partial charge in [0.25, 0.3) is 0 Å². The zero-order chi connectivity index (χ0) is 18.1. The Labute approximate surface area is 156 Å². The molecule has 7 nitrogen and oxygen atoms in total. The molecule has 0 unspecified atom stereocenters. The van der Waals surface area contributed by atoms with Crippen LogP contribution in [0.2, 0.25) is 0 Å². The van der Waals surface area contributed by atoms with E-state index in [1.807, 2.05) is 10.9 Å². The Hall–Kier alpha value is -2.32. The molecule has 1 aliphatic rings. The molecule has 1 aromatic carbocycles. The lowest BCUT2D eigenvalue weighted by Crippen LogP contribution is -2.06. The highest BCUT2D eigenvalue weighted by atomic mass is 32.2. The average Bonchev–Trinajstić information content (AvgIpc) is 3.24. The van der Waals surface area contributed by atoms with Crippen LogP contribution in [0.15, 0.2) is 30.7 Å². The number of nitrogens with two attached hydrogens (primary N) is 1. The summed E-state index contributed by atoms with van der Waals surface area (Å²) in [6, 6.07) is 6.55. The minimum Gasteiger partial charge on any atom is -0.491 e. The van der Waals surface area contributed by atoms with Gasteiger partial charge in [-0.05, 0) is 38.0 Å². The summed E-state index contributed by atoms with van der Waals surface area (Å²) in [7, 11) is 0. The summed E-state index contributed by atoms with van der Waals surface area (Å²) in [6.45, 7) is 5.54. The van der Waals surface area contributed by atoms with Crippen LogP contribution < -0.4 is 9.88 Å². The summed E-state index contributed by atoms with van der Waals surface area (Å²) < 4.78 is 10.0. The SMILES string of the molecule is CC(C)n1ncnc1-c1cn2c(n1)-c1ccc(CCSN)cc1OCC2. The summed E-state index contributed by atoms with van der Waals surface area (Å²) in [6.07, 6.45) is 4.54. The van der Waals surface area contributed by atoms with Crippen LogP contribution in [0.1, 0.15) is 25.5 Å². The van der Waals surface area contributed by atoms with E-state index in [0.717, 1.165) is 47.4 Å². The molecule has 26 heavy (non-hydrogen) atoms. The Bertz CT molecular complexity index is 916. The number of fused-ring (bicyclic) bond motifs is 3. The molecule has 0 amide bonds. The molecular weight excluding hydrogens is 348 g/mol. The van der Waals surface area contributed by atoms with Crippen LogP contribution in [-0.2, 0) is 13.0 Å². The lowest BCUT2D eigenvalue weighted by Gasteiger charge is -2.09. The first-order valence-corrected chi connectivity index (χ1v) is 9.77. The second-order valence-corrected chi connectivity index (χ2v) is 7.31. The van der Waals surface area contributed by atoms with Gasteiger partial charge in [0.2, 0.25) is 0 Å². The monoisotopic (exact) mass is 370 g/mol. The smallest absolute Gasteiger partial charge is 0.178 e. The van der Waals surface area contributed by atoms with E-state index < -0.39 is 0 Å². The van der Waals surface area contributed by atoms with E-state index in [-0.39, 0.29) is 6.04 Å². The van der Waals surface area contributed by atoms with Gasteiger partial charge >= 0.3 is 0 Å². The van der Waals surface area contributed by atoms with Gasteiger partial charge in [0, 0.05) is 18.0 Å². The van der Waals surface area contributed by atoms with Gasteiger partial charge in [0.05, 0.1) is 12.1 Å². The van der Waals surface area contributed by atoms with Gasteiger partial charge in [-0.25, -0.2) is 14.6 Å². The lowest BCUT2D eigenvalue weighted by atomic mass is 10.1. The number of aryl methyl sites for hydroxylation is 1. The lowest BCUT2D eigenvalue weighted by molar-refractivity contribution is 0.306. The molecule has 0 spiro atoms. The van der Waals surface area contributed by atoms with Gasteiger partial charge in [-0.1, -0.05) is 18.0 Å². The van der Waals surface area contributed by atoms with Crippen LogP contribution >= 0.6 is 11.9 Å². The fraction of sp³-hybridized carbons (Fsp3) is 0.389. The molecule has 0 bridgehead atoms. The van der Waals surface area contributed by atoms with Gasteiger partial charge in [-0.2, -0.15) is 5.10 Å². The zero-order valence-corrected chi connectivity index (χ0v) is 15.7. The van der Waals surface area contributed by atoms with Crippen LogP contribution in [0.4, 0.5) is 0 Å². The van der Waals surface area contributed by atoms with Crippen molar-refractivity contribution in [1.29, 1.82) is 0 Å². The Morgan fingerprint density at radius 2 is 2.19 bits per heavy atom.